The third kappa shape index (κ3) is 5.80. The number of ether oxygens (including phenoxy) is 1. The molecule has 174 valence electrons. The molecule has 0 radical (unpaired) electrons. The highest BCUT2D eigenvalue weighted by atomic mass is 16.5. The highest BCUT2D eigenvalue weighted by molar-refractivity contribution is 5.82. The van der Waals surface area contributed by atoms with Crippen molar-refractivity contribution >= 4 is 18.0 Å². The number of fused-ring (bicyclic) bond motifs is 3. The Kier molecular flexibility index (Phi) is 7.87. The summed E-state index contributed by atoms with van der Waals surface area (Å²) in [5, 5.41) is 11.8. The van der Waals surface area contributed by atoms with Crippen molar-refractivity contribution in [2.24, 2.45) is 5.92 Å². The molecule has 0 saturated heterocycles. The number of hydrogen-bond acceptors (Lipinski definition) is 4. The lowest BCUT2D eigenvalue weighted by Crippen LogP contribution is -2.45. The molecule has 2 N–H and O–H groups in total. The Morgan fingerprint density at radius 3 is 2.18 bits per heavy atom. The zero-order valence-electron chi connectivity index (χ0n) is 19.0. The minimum atomic E-state index is -1.10. The fraction of sp³-hybridized carbons (Fsp3) is 0.346. The second-order valence-electron chi connectivity index (χ2n) is 8.48. The maximum atomic E-state index is 12.6. The Balaban J connectivity index is 1.63. The normalized spacial score (nSPS) is 13.1. The number of nitrogens with one attached hydrogen (secondary N) is 1. The van der Waals surface area contributed by atoms with E-state index in [1.54, 1.807) is 0 Å². The minimum Gasteiger partial charge on any atom is -0.480 e. The van der Waals surface area contributed by atoms with Gasteiger partial charge in [-0.05, 0) is 28.2 Å². The van der Waals surface area contributed by atoms with Gasteiger partial charge in [-0.15, -0.1) is 6.58 Å². The smallest absolute Gasteiger partial charge is 0.407 e. The zero-order chi connectivity index (χ0) is 24.0. The van der Waals surface area contributed by atoms with Crippen molar-refractivity contribution < 1.29 is 24.2 Å². The van der Waals surface area contributed by atoms with Crippen LogP contribution in [0.1, 0.15) is 37.3 Å². The van der Waals surface area contributed by atoms with E-state index in [4.69, 9.17) is 9.84 Å². The van der Waals surface area contributed by atoms with E-state index >= 15 is 0 Å². The van der Waals surface area contributed by atoms with E-state index in [0.29, 0.717) is 0 Å². The van der Waals surface area contributed by atoms with Crippen LogP contribution in [-0.4, -0.2) is 53.7 Å². The standard InChI is InChI=1S/C26H30N2O5/c1-4-13-28(15-25(30)31)24(29)14-23(17(2)3)27-26(32)33-16-22-20-11-7-5-9-18(20)19-10-6-8-12-21(19)22/h4-12,17,22-23H,1,13-16H2,2-3H3,(H,27,32)(H,30,31)/t23-/m1/s1. The van der Waals surface area contributed by atoms with Crippen molar-refractivity contribution in [3.05, 3.63) is 72.3 Å². The number of benzene rings is 2. The molecule has 0 heterocycles. The number of carbonyl (C=O) groups excluding carboxylic acids is 2. The van der Waals surface area contributed by atoms with Gasteiger partial charge in [-0.25, -0.2) is 4.79 Å². The first kappa shape index (κ1) is 24.0. The van der Waals surface area contributed by atoms with Gasteiger partial charge in [0.25, 0.3) is 0 Å². The first-order chi connectivity index (χ1) is 15.8. The summed E-state index contributed by atoms with van der Waals surface area (Å²) >= 11 is 0. The molecule has 0 aliphatic heterocycles. The van der Waals surface area contributed by atoms with Gasteiger partial charge >= 0.3 is 12.1 Å². The van der Waals surface area contributed by atoms with Crippen molar-refractivity contribution in [2.45, 2.75) is 32.2 Å². The molecule has 0 aromatic heterocycles. The van der Waals surface area contributed by atoms with Crippen LogP contribution in [0, 0.1) is 5.92 Å². The molecule has 0 saturated carbocycles. The van der Waals surface area contributed by atoms with E-state index in [0.717, 1.165) is 22.3 Å². The molecule has 2 amide bonds. The van der Waals surface area contributed by atoms with Gasteiger partial charge in [0.1, 0.15) is 13.2 Å². The molecule has 0 bridgehead atoms. The molecule has 0 fully saturated rings. The quantitative estimate of drug-likeness (QED) is 0.533. The number of rotatable bonds is 10. The lowest BCUT2D eigenvalue weighted by molar-refractivity contribution is -0.144. The van der Waals surface area contributed by atoms with Crippen LogP contribution in [0.3, 0.4) is 0 Å². The number of carbonyl (C=O) groups is 3. The average Bonchev–Trinajstić information content (AvgIpc) is 3.10. The summed E-state index contributed by atoms with van der Waals surface area (Å²) in [5.41, 5.74) is 4.54. The van der Waals surface area contributed by atoms with Crippen LogP contribution in [0.15, 0.2) is 61.2 Å². The Morgan fingerprint density at radius 2 is 1.67 bits per heavy atom. The topological polar surface area (TPSA) is 95.9 Å². The number of carboxylic acids is 1. The summed E-state index contributed by atoms with van der Waals surface area (Å²) < 4.78 is 5.59. The van der Waals surface area contributed by atoms with E-state index < -0.39 is 24.6 Å². The molecular formula is C26H30N2O5. The van der Waals surface area contributed by atoms with Crippen molar-refractivity contribution in [3.8, 4) is 11.1 Å². The molecule has 1 aliphatic carbocycles. The first-order valence-corrected chi connectivity index (χ1v) is 11.0. The largest absolute Gasteiger partial charge is 0.480 e. The molecule has 7 nitrogen and oxygen atoms in total. The third-order valence-corrected chi connectivity index (χ3v) is 5.87. The highest BCUT2D eigenvalue weighted by Crippen LogP contribution is 2.44. The van der Waals surface area contributed by atoms with Crippen molar-refractivity contribution in [1.82, 2.24) is 10.2 Å². The lowest BCUT2D eigenvalue weighted by Gasteiger charge is -2.26. The van der Waals surface area contributed by atoms with E-state index in [-0.39, 0.29) is 37.3 Å². The van der Waals surface area contributed by atoms with Gasteiger partial charge in [-0.2, -0.15) is 0 Å². The number of aliphatic carboxylic acids is 1. The predicted molar refractivity (Wildman–Crippen MR) is 126 cm³/mol. The lowest BCUT2D eigenvalue weighted by atomic mass is 9.98. The van der Waals surface area contributed by atoms with E-state index in [2.05, 4.69) is 24.0 Å². The number of carboxylic acid groups (broad SMARTS) is 1. The van der Waals surface area contributed by atoms with Gasteiger partial charge in [0, 0.05) is 24.9 Å². The molecule has 2 aromatic carbocycles. The van der Waals surface area contributed by atoms with Crippen molar-refractivity contribution in [2.75, 3.05) is 19.7 Å². The Morgan fingerprint density at radius 1 is 1.09 bits per heavy atom. The van der Waals surface area contributed by atoms with Crippen molar-refractivity contribution in [3.63, 3.8) is 0 Å². The molecule has 0 spiro atoms. The van der Waals surface area contributed by atoms with Crippen LogP contribution in [0.5, 0.6) is 0 Å². The Hall–Kier alpha value is -3.61. The monoisotopic (exact) mass is 450 g/mol. The fourth-order valence-corrected chi connectivity index (χ4v) is 4.14. The summed E-state index contributed by atoms with van der Waals surface area (Å²) in [6, 6.07) is 15.7. The zero-order valence-corrected chi connectivity index (χ0v) is 19.0. The summed E-state index contributed by atoms with van der Waals surface area (Å²) in [6.45, 7) is 7.23. The summed E-state index contributed by atoms with van der Waals surface area (Å²) in [7, 11) is 0. The van der Waals surface area contributed by atoms with E-state index in [1.165, 1.54) is 11.0 Å². The molecular weight excluding hydrogens is 420 g/mol. The summed E-state index contributed by atoms with van der Waals surface area (Å²) in [5.74, 6) is -1.57. The predicted octanol–water partition coefficient (Wildman–Crippen LogP) is 4.04. The number of nitrogens with zero attached hydrogens (tertiary/aromatic N) is 1. The van der Waals surface area contributed by atoms with Crippen LogP contribution >= 0.6 is 0 Å². The van der Waals surface area contributed by atoms with Gasteiger partial charge in [-0.1, -0.05) is 68.5 Å². The van der Waals surface area contributed by atoms with E-state index in [1.807, 2.05) is 50.2 Å². The number of hydrogen-bond donors (Lipinski definition) is 2. The van der Waals surface area contributed by atoms with E-state index in [9.17, 15) is 14.4 Å². The Bertz CT molecular complexity index is 987. The second-order valence-corrected chi connectivity index (χ2v) is 8.48. The SMILES string of the molecule is C=CCN(CC(=O)O)C(=O)C[C@@H](NC(=O)OCC1c2ccccc2-c2ccccc21)C(C)C. The molecule has 2 aromatic rings. The molecule has 3 rings (SSSR count). The third-order valence-electron chi connectivity index (χ3n) is 5.87. The van der Waals surface area contributed by atoms with Crippen LogP contribution in [0.4, 0.5) is 4.79 Å². The van der Waals surface area contributed by atoms with Gasteiger partial charge < -0.3 is 20.1 Å². The fourth-order valence-electron chi connectivity index (χ4n) is 4.14. The van der Waals surface area contributed by atoms with Gasteiger partial charge in [0.15, 0.2) is 0 Å². The Labute approximate surface area is 194 Å². The van der Waals surface area contributed by atoms with Crippen LogP contribution in [0.2, 0.25) is 0 Å². The maximum absolute atomic E-state index is 12.6. The minimum absolute atomic E-state index is 0.0248. The number of amides is 2. The van der Waals surface area contributed by atoms with Gasteiger partial charge in [0.2, 0.25) is 5.91 Å². The molecule has 1 aliphatic rings. The summed E-state index contributed by atoms with van der Waals surface area (Å²) in [4.78, 5) is 37.5. The average molecular weight is 451 g/mol. The molecule has 0 unspecified atom stereocenters. The maximum Gasteiger partial charge on any atom is 0.407 e. The van der Waals surface area contributed by atoms with Crippen LogP contribution in [-0.2, 0) is 14.3 Å². The molecule has 7 heteroatoms. The van der Waals surface area contributed by atoms with Gasteiger partial charge in [0.05, 0.1) is 0 Å². The number of alkyl carbamates (subject to hydrolysis) is 1. The first-order valence-electron chi connectivity index (χ1n) is 11.0. The molecule has 33 heavy (non-hydrogen) atoms. The van der Waals surface area contributed by atoms with Crippen molar-refractivity contribution in [1.29, 1.82) is 0 Å². The van der Waals surface area contributed by atoms with Crippen LogP contribution in [0.25, 0.3) is 11.1 Å². The second kappa shape index (κ2) is 10.8. The molecule has 1 atom stereocenters. The van der Waals surface area contributed by atoms with Crippen LogP contribution < -0.4 is 5.32 Å². The summed E-state index contributed by atoms with van der Waals surface area (Å²) in [6.07, 6.45) is 0.851. The van der Waals surface area contributed by atoms with Gasteiger partial charge in [-0.3, -0.25) is 9.59 Å². The highest BCUT2D eigenvalue weighted by Gasteiger charge is 2.30.